The molecule has 0 radical (unpaired) electrons. The number of nitrogens with one attached hydrogen (secondary N) is 1. The minimum atomic E-state index is 0.337. The average molecular weight is 285 g/mol. The molecule has 0 unspecified atom stereocenters. The standard InChI is InChI=1S/C17H19NO3/c19-15-4-2-1-3-14(15)12-18-8-7-13-5-6-16-17(11-13)21-10-9-20-16/h1-6,11,18-19H,7-10,12H2. The highest BCUT2D eigenvalue weighted by Crippen LogP contribution is 2.30. The van der Waals surface area contributed by atoms with Gasteiger partial charge in [-0.15, -0.1) is 0 Å². The van der Waals surface area contributed by atoms with Crippen molar-refractivity contribution in [3.05, 3.63) is 53.6 Å². The molecule has 0 saturated heterocycles. The first-order chi connectivity index (χ1) is 10.3. The topological polar surface area (TPSA) is 50.7 Å². The molecule has 1 aliphatic rings. The number of phenols is 1. The van der Waals surface area contributed by atoms with Crippen LogP contribution in [0.1, 0.15) is 11.1 Å². The van der Waals surface area contributed by atoms with Crippen LogP contribution in [0.2, 0.25) is 0 Å². The second-order valence-corrected chi connectivity index (χ2v) is 5.03. The minimum absolute atomic E-state index is 0.337. The Hall–Kier alpha value is -2.20. The maximum atomic E-state index is 9.69. The zero-order chi connectivity index (χ0) is 14.5. The van der Waals surface area contributed by atoms with Crippen LogP contribution in [-0.4, -0.2) is 24.9 Å². The van der Waals surface area contributed by atoms with Gasteiger partial charge < -0.3 is 19.9 Å². The molecule has 0 bridgehead atoms. The Labute approximate surface area is 124 Å². The number of fused-ring (bicyclic) bond motifs is 1. The van der Waals surface area contributed by atoms with E-state index in [1.807, 2.05) is 30.3 Å². The zero-order valence-corrected chi connectivity index (χ0v) is 11.8. The fourth-order valence-electron chi connectivity index (χ4n) is 2.36. The number of benzene rings is 2. The van der Waals surface area contributed by atoms with Gasteiger partial charge in [0.25, 0.3) is 0 Å². The van der Waals surface area contributed by atoms with Gasteiger partial charge in [-0.05, 0) is 36.7 Å². The van der Waals surface area contributed by atoms with Crippen LogP contribution in [-0.2, 0) is 13.0 Å². The van der Waals surface area contributed by atoms with Crippen LogP contribution in [0.25, 0.3) is 0 Å². The molecule has 1 aliphatic heterocycles. The van der Waals surface area contributed by atoms with Crippen molar-refractivity contribution in [2.24, 2.45) is 0 Å². The molecule has 2 N–H and O–H groups in total. The summed E-state index contributed by atoms with van der Waals surface area (Å²) in [5.41, 5.74) is 2.13. The molecule has 110 valence electrons. The molecule has 4 heteroatoms. The van der Waals surface area contributed by atoms with Crippen LogP contribution in [0.4, 0.5) is 0 Å². The molecule has 1 heterocycles. The zero-order valence-electron chi connectivity index (χ0n) is 11.8. The second kappa shape index (κ2) is 6.50. The van der Waals surface area contributed by atoms with Crippen molar-refractivity contribution in [3.63, 3.8) is 0 Å². The fourth-order valence-corrected chi connectivity index (χ4v) is 2.36. The molecule has 0 aliphatic carbocycles. The van der Waals surface area contributed by atoms with Crippen molar-refractivity contribution in [2.75, 3.05) is 19.8 Å². The van der Waals surface area contributed by atoms with Crippen molar-refractivity contribution in [2.45, 2.75) is 13.0 Å². The highest BCUT2D eigenvalue weighted by atomic mass is 16.6. The van der Waals surface area contributed by atoms with Gasteiger partial charge >= 0.3 is 0 Å². The van der Waals surface area contributed by atoms with E-state index in [1.54, 1.807) is 6.07 Å². The number of para-hydroxylation sites is 1. The molecule has 3 rings (SSSR count). The SMILES string of the molecule is Oc1ccccc1CNCCc1ccc2c(c1)OCCO2. The normalized spacial score (nSPS) is 13.1. The van der Waals surface area contributed by atoms with Crippen LogP contribution in [0.3, 0.4) is 0 Å². The van der Waals surface area contributed by atoms with Gasteiger partial charge in [0.05, 0.1) is 0 Å². The Morgan fingerprint density at radius 3 is 2.67 bits per heavy atom. The molecular weight excluding hydrogens is 266 g/mol. The summed E-state index contributed by atoms with van der Waals surface area (Å²) < 4.78 is 11.1. The summed E-state index contributed by atoms with van der Waals surface area (Å²) >= 11 is 0. The van der Waals surface area contributed by atoms with E-state index < -0.39 is 0 Å². The molecule has 4 nitrogen and oxygen atoms in total. The highest BCUT2D eigenvalue weighted by molar-refractivity contribution is 5.43. The molecule has 0 fully saturated rings. The molecule has 21 heavy (non-hydrogen) atoms. The summed E-state index contributed by atoms with van der Waals surface area (Å²) in [6.45, 7) is 2.74. The van der Waals surface area contributed by atoms with Gasteiger partial charge in [-0.25, -0.2) is 0 Å². The quantitative estimate of drug-likeness (QED) is 0.829. The lowest BCUT2D eigenvalue weighted by Gasteiger charge is -2.18. The first kappa shape index (κ1) is 13.8. The first-order valence-corrected chi connectivity index (χ1v) is 7.19. The van der Waals surface area contributed by atoms with Crippen LogP contribution in [0, 0.1) is 0 Å². The summed E-state index contributed by atoms with van der Waals surface area (Å²) in [5, 5.41) is 13.0. The van der Waals surface area contributed by atoms with Gasteiger partial charge in [0.2, 0.25) is 0 Å². The molecule has 0 aromatic heterocycles. The van der Waals surface area contributed by atoms with E-state index in [2.05, 4.69) is 11.4 Å². The van der Waals surface area contributed by atoms with E-state index >= 15 is 0 Å². The third kappa shape index (κ3) is 3.47. The van der Waals surface area contributed by atoms with Crippen molar-refractivity contribution >= 4 is 0 Å². The van der Waals surface area contributed by atoms with E-state index in [-0.39, 0.29) is 0 Å². The number of ether oxygens (including phenoxy) is 2. The average Bonchev–Trinajstić information content (AvgIpc) is 2.53. The number of phenolic OH excluding ortho intramolecular Hbond substituents is 1. The van der Waals surface area contributed by atoms with Crippen LogP contribution >= 0.6 is 0 Å². The third-order valence-corrected chi connectivity index (χ3v) is 3.50. The van der Waals surface area contributed by atoms with Crippen molar-refractivity contribution in [1.82, 2.24) is 5.32 Å². The Bertz CT molecular complexity index is 613. The lowest BCUT2D eigenvalue weighted by atomic mass is 10.1. The summed E-state index contributed by atoms with van der Waals surface area (Å²) in [7, 11) is 0. The van der Waals surface area contributed by atoms with Gasteiger partial charge in [0, 0.05) is 12.1 Å². The van der Waals surface area contributed by atoms with E-state index in [0.717, 1.165) is 30.0 Å². The van der Waals surface area contributed by atoms with Gasteiger partial charge in [-0.2, -0.15) is 0 Å². The third-order valence-electron chi connectivity index (χ3n) is 3.50. The molecule has 0 amide bonds. The Morgan fingerprint density at radius 2 is 1.81 bits per heavy atom. The van der Waals surface area contributed by atoms with Gasteiger partial charge in [0.1, 0.15) is 19.0 Å². The number of hydrogen-bond donors (Lipinski definition) is 2. The van der Waals surface area contributed by atoms with Crippen LogP contribution < -0.4 is 14.8 Å². The molecular formula is C17H19NO3. The summed E-state index contributed by atoms with van der Waals surface area (Å²) in [5.74, 6) is 2.00. The van der Waals surface area contributed by atoms with Gasteiger partial charge in [0.15, 0.2) is 11.5 Å². The first-order valence-electron chi connectivity index (χ1n) is 7.19. The summed E-state index contributed by atoms with van der Waals surface area (Å²) in [6.07, 6.45) is 0.907. The Kier molecular flexibility index (Phi) is 4.26. The van der Waals surface area contributed by atoms with E-state index in [9.17, 15) is 5.11 Å². The monoisotopic (exact) mass is 285 g/mol. The largest absolute Gasteiger partial charge is 0.508 e. The summed E-state index contributed by atoms with van der Waals surface area (Å²) in [4.78, 5) is 0. The van der Waals surface area contributed by atoms with E-state index in [4.69, 9.17) is 9.47 Å². The molecule has 2 aromatic carbocycles. The Morgan fingerprint density at radius 1 is 1.00 bits per heavy atom. The molecule has 0 spiro atoms. The predicted molar refractivity (Wildman–Crippen MR) is 80.9 cm³/mol. The van der Waals surface area contributed by atoms with E-state index in [1.165, 1.54) is 5.56 Å². The number of rotatable bonds is 5. The van der Waals surface area contributed by atoms with Crippen LogP contribution in [0.5, 0.6) is 17.2 Å². The minimum Gasteiger partial charge on any atom is -0.508 e. The van der Waals surface area contributed by atoms with E-state index in [0.29, 0.717) is 25.5 Å². The van der Waals surface area contributed by atoms with Gasteiger partial charge in [-0.3, -0.25) is 0 Å². The maximum Gasteiger partial charge on any atom is 0.161 e. The molecule has 0 atom stereocenters. The Balaban J connectivity index is 1.50. The fraction of sp³-hybridized carbons (Fsp3) is 0.294. The lowest BCUT2D eigenvalue weighted by molar-refractivity contribution is 0.171. The number of hydrogen-bond acceptors (Lipinski definition) is 4. The molecule has 2 aromatic rings. The second-order valence-electron chi connectivity index (χ2n) is 5.03. The smallest absolute Gasteiger partial charge is 0.161 e. The van der Waals surface area contributed by atoms with Gasteiger partial charge in [-0.1, -0.05) is 24.3 Å². The van der Waals surface area contributed by atoms with Crippen molar-refractivity contribution in [3.8, 4) is 17.2 Å². The summed E-state index contributed by atoms with van der Waals surface area (Å²) in [6, 6.07) is 13.5. The number of aromatic hydroxyl groups is 1. The highest BCUT2D eigenvalue weighted by Gasteiger charge is 2.11. The predicted octanol–water partition coefficient (Wildman–Crippen LogP) is 2.50. The van der Waals surface area contributed by atoms with Crippen molar-refractivity contribution < 1.29 is 14.6 Å². The molecule has 0 saturated carbocycles. The van der Waals surface area contributed by atoms with Crippen molar-refractivity contribution in [1.29, 1.82) is 0 Å². The maximum absolute atomic E-state index is 9.69. The lowest BCUT2D eigenvalue weighted by Crippen LogP contribution is -2.18. The van der Waals surface area contributed by atoms with Crippen LogP contribution in [0.15, 0.2) is 42.5 Å².